The maximum atomic E-state index is 12.1. The summed E-state index contributed by atoms with van der Waals surface area (Å²) in [4.78, 5) is 27.2. The van der Waals surface area contributed by atoms with E-state index in [4.69, 9.17) is 5.11 Å². The van der Waals surface area contributed by atoms with Gasteiger partial charge in [-0.2, -0.15) is 0 Å². The monoisotopic (exact) mass is 299 g/mol. The van der Waals surface area contributed by atoms with E-state index in [9.17, 15) is 14.7 Å². The van der Waals surface area contributed by atoms with Crippen LogP contribution in [0.5, 0.6) is 0 Å². The topological polar surface area (TPSA) is 93.1 Å². The summed E-state index contributed by atoms with van der Waals surface area (Å²) >= 11 is 0. The third-order valence-corrected chi connectivity index (χ3v) is 4.39. The van der Waals surface area contributed by atoms with Crippen LogP contribution >= 0.6 is 0 Å². The van der Waals surface area contributed by atoms with Gasteiger partial charge in [-0.15, -0.1) is 0 Å². The Morgan fingerprint density at radius 2 is 1.86 bits per heavy atom. The molecular formula is C14H25N3O4. The first-order valence-electron chi connectivity index (χ1n) is 7.69. The third-order valence-electron chi connectivity index (χ3n) is 4.39. The van der Waals surface area contributed by atoms with Crippen molar-refractivity contribution in [1.29, 1.82) is 0 Å². The molecule has 120 valence electrons. The molecule has 2 rings (SSSR count). The lowest BCUT2D eigenvalue weighted by molar-refractivity contribution is -0.141. The molecule has 2 amide bonds. The quantitative estimate of drug-likeness (QED) is 0.684. The Morgan fingerprint density at radius 1 is 1.19 bits per heavy atom. The summed E-state index contributed by atoms with van der Waals surface area (Å²) in [6, 6.07) is -1.28. The first-order valence-corrected chi connectivity index (χ1v) is 7.69. The van der Waals surface area contributed by atoms with E-state index >= 15 is 0 Å². The van der Waals surface area contributed by atoms with Crippen molar-refractivity contribution in [1.82, 2.24) is 15.1 Å². The molecule has 3 unspecified atom stereocenters. The molecule has 7 nitrogen and oxygen atoms in total. The molecule has 3 N–H and O–H groups in total. The highest BCUT2D eigenvalue weighted by molar-refractivity contribution is 5.83. The van der Waals surface area contributed by atoms with Crippen LogP contribution in [0.4, 0.5) is 4.79 Å². The molecule has 0 radical (unpaired) electrons. The molecule has 3 atom stereocenters. The average Bonchev–Trinajstić information content (AvgIpc) is 2.94. The number of aliphatic carboxylic acids is 1. The lowest BCUT2D eigenvalue weighted by atomic mass is 10.1. The van der Waals surface area contributed by atoms with E-state index in [0.717, 1.165) is 19.5 Å². The zero-order valence-electron chi connectivity index (χ0n) is 12.5. The maximum absolute atomic E-state index is 12.1. The number of amides is 2. The van der Waals surface area contributed by atoms with E-state index in [-0.39, 0.29) is 0 Å². The van der Waals surface area contributed by atoms with Gasteiger partial charge in [0, 0.05) is 19.1 Å². The zero-order chi connectivity index (χ0) is 15.4. The van der Waals surface area contributed by atoms with Crippen LogP contribution in [0.2, 0.25) is 0 Å². The minimum atomic E-state index is -1.26. The second kappa shape index (κ2) is 7.09. The van der Waals surface area contributed by atoms with E-state index in [1.807, 2.05) is 0 Å². The Labute approximate surface area is 124 Å². The van der Waals surface area contributed by atoms with Crippen LogP contribution in [0.3, 0.4) is 0 Å². The summed E-state index contributed by atoms with van der Waals surface area (Å²) in [6.45, 7) is 4.81. The minimum Gasteiger partial charge on any atom is -0.480 e. The number of carboxylic acids is 1. The van der Waals surface area contributed by atoms with Crippen molar-refractivity contribution < 1.29 is 19.8 Å². The Morgan fingerprint density at radius 3 is 2.43 bits per heavy atom. The van der Waals surface area contributed by atoms with E-state index < -0.39 is 24.1 Å². The van der Waals surface area contributed by atoms with E-state index in [1.165, 1.54) is 26.2 Å². The van der Waals surface area contributed by atoms with E-state index in [2.05, 4.69) is 10.2 Å². The van der Waals surface area contributed by atoms with Crippen molar-refractivity contribution >= 4 is 12.0 Å². The number of carbonyl (C=O) groups excluding carboxylic acids is 1. The summed E-state index contributed by atoms with van der Waals surface area (Å²) in [6.07, 6.45) is 3.52. The summed E-state index contributed by atoms with van der Waals surface area (Å²) in [7, 11) is 0. The number of likely N-dealkylation sites (tertiary alicyclic amines) is 2. The fourth-order valence-corrected chi connectivity index (χ4v) is 3.12. The molecule has 2 aliphatic heterocycles. The number of piperidine rings is 1. The number of carboxylic acid groups (broad SMARTS) is 1. The number of hydrogen-bond donors (Lipinski definition) is 3. The molecule has 2 aliphatic rings. The van der Waals surface area contributed by atoms with Crippen LogP contribution in [-0.2, 0) is 4.79 Å². The number of nitrogens with one attached hydrogen (secondary N) is 1. The summed E-state index contributed by atoms with van der Waals surface area (Å²) in [5.74, 6) is -1.22. The van der Waals surface area contributed by atoms with E-state index in [0.29, 0.717) is 19.1 Å². The van der Waals surface area contributed by atoms with Gasteiger partial charge in [0.05, 0.1) is 6.10 Å². The first kappa shape index (κ1) is 16.0. The van der Waals surface area contributed by atoms with Gasteiger partial charge in [-0.25, -0.2) is 9.59 Å². The highest BCUT2D eigenvalue weighted by Crippen LogP contribution is 2.20. The number of carbonyl (C=O) groups is 2. The van der Waals surface area contributed by atoms with Crippen molar-refractivity contribution in [2.75, 3.05) is 26.2 Å². The molecule has 0 aromatic rings. The standard InChI is InChI=1S/C14H25N3O4/c1-10(18)12(13(19)20)15-14(21)17-8-5-11(9-17)16-6-3-2-4-7-16/h10-12,18H,2-9H2,1H3,(H,15,21)(H,19,20). The largest absolute Gasteiger partial charge is 0.480 e. The number of hydrogen-bond acceptors (Lipinski definition) is 4. The normalized spacial score (nSPS) is 26.4. The number of aliphatic hydroxyl groups excluding tert-OH is 1. The number of nitrogens with zero attached hydrogens (tertiary/aromatic N) is 2. The van der Waals surface area contributed by atoms with Gasteiger partial charge in [0.2, 0.25) is 0 Å². The molecule has 7 heteroatoms. The highest BCUT2D eigenvalue weighted by Gasteiger charge is 2.33. The molecule has 0 aromatic carbocycles. The third kappa shape index (κ3) is 4.07. The van der Waals surface area contributed by atoms with Crippen molar-refractivity contribution in [3.8, 4) is 0 Å². The van der Waals surface area contributed by atoms with Crippen LogP contribution in [-0.4, -0.2) is 76.4 Å². The number of aliphatic hydroxyl groups is 1. The van der Waals surface area contributed by atoms with Crippen molar-refractivity contribution in [2.24, 2.45) is 0 Å². The van der Waals surface area contributed by atoms with Gasteiger partial charge in [-0.1, -0.05) is 6.42 Å². The molecular weight excluding hydrogens is 274 g/mol. The molecule has 2 fully saturated rings. The van der Waals surface area contributed by atoms with Gasteiger partial charge in [0.25, 0.3) is 0 Å². The van der Waals surface area contributed by atoms with Gasteiger partial charge in [0.15, 0.2) is 6.04 Å². The zero-order valence-corrected chi connectivity index (χ0v) is 12.5. The van der Waals surface area contributed by atoms with Gasteiger partial charge in [-0.3, -0.25) is 4.90 Å². The van der Waals surface area contributed by atoms with Crippen LogP contribution in [0.25, 0.3) is 0 Å². The summed E-state index contributed by atoms with van der Waals surface area (Å²) in [5.41, 5.74) is 0. The fourth-order valence-electron chi connectivity index (χ4n) is 3.12. The second-order valence-corrected chi connectivity index (χ2v) is 5.99. The van der Waals surface area contributed by atoms with Gasteiger partial charge < -0.3 is 20.4 Å². The average molecular weight is 299 g/mol. The van der Waals surface area contributed by atoms with Gasteiger partial charge in [0.1, 0.15) is 0 Å². The molecule has 0 bridgehead atoms. The molecule has 2 saturated heterocycles. The van der Waals surface area contributed by atoms with Crippen LogP contribution < -0.4 is 5.32 Å². The highest BCUT2D eigenvalue weighted by atomic mass is 16.4. The van der Waals surface area contributed by atoms with Crippen LogP contribution in [0.1, 0.15) is 32.6 Å². The maximum Gasteiger partial charge on any atom is 0.328 e. The Balaban J connectivity index is 1.85. The van der Waals surface area contributed by atoms with Crippen LogP contribution in [0, 0.1) is 0 Å². The first-order chi connectivity index (χ1) is 9.99. The van der Waals surface area contributed by atoms with Gasteiger partial charge >= 0.3 is 12.0 Å². The molecule has 0 saturated carbocycles. The summed E-state index contributed by atoms with van der Waals surface area (Å²) < 4.78 is 0. The van der Waals surface area contributed by atoms with Crippen molar-refractivity contribution in [3.05, 3.63) is 0 Å². The van der Waals surface area contributed by atoms with E-state index in [1.54, 1.807) is 4.90 Å². The minimum absolute atomic E-state index is 0.380. The molecule has 0 aromatic heterocycles. The Hall–Kier alpha value is -1.34. The second-order valence-electron chi connectivity index (χ2n) is 5.99. The fraction of sp³-hybridized carbons (Fsp3) is 0.857. The SMILES string of the molecule is CC(O)C(NC(=O)N1CCC(N2CCCCC2)C1)C(=O)O. The van der Waals surface area contributed by atoms with Crippen molar-refractivity contribution in [3.63, 3.8) is 0 Å². The molecule has 0 spiro atoms. The summed E-state index contributed by atoms with van der Waals surface area (Å²) in [5, 5.41) is 20.8. The van der Waals surface area contributed by atoms with Crippen LogP contribution in [0.15, 0.2) is 0 Å². The predicted molar refractivity (Wildman–Crippen MR) is 77.0 cm³/mol. The van der Waals surface area contributed by atoms with Gasteiger partial charge in [-0.05, 0) is 39.3 Å². The lowest BCUT2D eigenvalue weighted by Gasteiger charge is -2.32. The Kier molecular flexibility index (Phi) is 5.41. The predicted octanol–water partition coefficient (Wildman–Crippen LogP) is 0.0902. The number of urea groups is 1. The molecule has 2 heterocycles. The smallest absolute Gasteiger partial charge is 0.328 e. The van der Waals surface area contributed by atoms with Crippen molar-refractivity contribution in [2.45, 2.75) is 50.8 Å². The lowest BCUT2D eigenvalue weighted by Crippen LogP contribution is -2.52. The number of rotatable bonds is 4. The Bertz CT molecular complexity index is 382. The molecule has 21 heavy (non-hydrogen) atoms. The molecule has 0 aliphatic carbocycles.